The second-order valence-corrected chi connectivity index (χ2v) is 11.9. The first kappa shape index (κ1) is 26.4. The standard InChI is InChI=1S/C28H31N3O5S/c1-28(2,3)29-27(32)17-8-11-22(25(14-17)37(33,34)35)26-20-12-9-18(30(4)5)15-23(20)36-24-16-19(31(6)7)10-13-21(24)26/h8-16H,1-7H3,(H-,29,32,33,34,35)/p+1. The Morgan fingerprint density at radius 2 is 1.65 bits per heavy atom. The van der Waals surface area contributed by atoms with Gasteiger partial charge in [0.1, 0.15) is 30.3 Å². The van der Waals surface area contributed by atoms with Gasteiger partial charge in [0.05, 0.1) is 6.07 Å². The molecule has 1 aliphatic heterocycles. The van der Waals surface area contributed by atoms with Crippen LogP contribution in [0.3, 0.4) is 0 Å². The summed E-state index contributed by atoms with van der Waals surface area (Å²) in [7, 11) is 3.00. The number of hydrogen-bond donors (Lipinski definition) is 2. The molecule has 2 aromatic rings. The van der Waals surface area contributed by atoms with Crippen LogP contribution in [0.2, 0.25) is 0 Å². The molecule has 2 aliphatic rings. The van der Waals surface area contributed by atoms with Crippen LogP contribution in [0.1, 0.15) is 31.1 Å². The predicted octanol–water partition coefficient (Wildman–Crippen LogP) is 4.08. The quantitative estimate of drug-likeness (QED) is 0.238. The highest BCUT2D eigenvalue weighted by Crippen LogP contribution is 2.43. The Morgan fingerprint density at radius 1 is 0.973 bits per heavy atom. The Hall–Kier alpha value is -3.69. The first-order valence-corrected chi connectivity index (χ1v) is 13.2. The molecule has 0 aromatic heterocycles. The Labute approximate surface area is 217 Å². The van der Waals surface area contributed by atoms with Gasteiger partial charge < -0.3 is 14.6 Å². The lowest BCUT2D eigenvalue weighted by atomic mass is 9.92. The predicted molar refractivity (Wildman–Crippen MR) is 147 cm³/mol. The summed E-state index contributed by atoms with van der Waals surface area (Å²) in [5.41, 5.74) is 2.61. The van der Waals surface area contributed by atoms with E-state index < -0.39 is 21.6 Å². The van der Waals surface area contributed by atoms with Crippen LogP contribution in [0.4, 0.5) is 5.69 Å². The van der Waals surface area contributed by atoms with E-state index in [4.69, 9.17) is 4.42 Å². The molecule has 4 rings (SSSR count). The molecule has 2 aromatic carbocycles. The van der Waals surface area contributed by atoms with Crippen LogP contribution in [0.5, 0.6) is 0 Å². The van der Waals surface area contributed by atoms with Crippen molar-refractivity contribution < 1.29 is 22.2 Å². The fourth-order valence-corrected chi connectivity index (χ4v) is 4.93. The number of nitrogens with one attached hydrogen (secondary N) is 1. The summed E-state index contributed by atoms with van der Waals surface area (Å²) >= 11 is 0. The SMILES string of the molecule is CN(C)c1ccc2c(-c3ccc(C(=O)NC(C)(C)C)cc3S(=O)(=O)O)c3ccc(=[N+](C)C)cc-3oc2c1. The van der Waals surface area contributed by atoms with E-state index in [1.807, 2.05) is 94.8 Å². The zero-order valence-electron chi connectivity index (χ0n) is 22.1. The molecule has 0 spiro atoms. The van der Waals surface area contributed by atoms with Gasteiger partial charge in [0, 0.05) is 65.1 Å². The van der Waals surface area contributed by atoms with Crippen LogP contribution in [0.15, 0.2) is 63.9 Å². The third-order valence-corrected chi connectivity index (χ3v) is 6.89. The molecule has 2 N–H and O–H groups in total. The number of fused-ring (bicyclic) bond motifs is 2. The fourth-order valence-electron chi connectivity index (χ4n) is 4.21. The Bertz CT molecular complexity index is 1670. The molecule has 8 nitrogen and oxygen atoms in total. The van der Waals surface area contributed by atoms with E-state index in [1.165, 1.54) is 6.07 Å². The maximum atomic E-state index is 12.8. The van der Waals surface area contributed by atoms with Crippen molar-refractivity contribution in [2.75, 3.05) is 33.1 Å². The fraction of sp³-hybridized carbons (Fsp3) is 0.286. The second-order valence-electron chi connectivity index (χ2n) is 10.5. The van der Waals surface area contributed by atoms with Gasteiger partial charge in [0.2, 0.25) is 5.36 Å². The second kappa shape index (κ2) is 9.32. The van der Waals surface area contributed by atoms with Crippen LogP contribution >= 0.6 is 0 Å². The summed E-state index contributed by atoms with van der Waals surface area (Å²) in [6.07, 6.45) is 0. The highest BCUT2D eigenvalue weighted by atomic mass is 32.2. The lowest BCUT2D eigenvalue weighted by Crippen LogP contribution is -2.40. The van der Waals surface area contributed by atoms with E-state index >= 15 is 0 Å². The van der Waals surface area contributed by atoms with E-state index in [0.29, 0.717) is 27.9 Å². The Kier molecular flexibility index (Phi) is 6.64. The van der Waals surface area contributed by atoms with Crippen LogP contribution in [-0.4, -0.2) is 52.6 Å². The number of rotatable bonds is 4. The van der Waals surface area contributed by atoms with E-state index in [1.54, 1.807) is 12.1 Å². The van der Waals surface area contributed by atoms with Gasteiger partial charge in [-0.25, -0.2) is 4.58 Å². The van der Waals surface area contributed by atoms with Gasteiger partial charge in [-0.05, 0) is 51.1 Å². The van der Waals surface area contributed by atoms with Gasteiger partial charge in [-0.15, -0.1) is 0 Å². The van der Waals surface area contributed by atoms with Crippen molar-refractivity contribution in [1.29, 1.82) is 0 Å². The maximum Gasteiger partial charge on any atom is 0.295 e. The molecule has 1 heterocycles. The highest BCUT2D eigenvalue weighted by molar-refractivity contribution is 7.86. The monoisotopic (exact) mass is 522 g/mol. The third-order valence-electron chi connectivity index (χ3n) is 6.00. The molecule has 0 fully saturated rings. The molecule has 194 valence electrons. The van der Waals surface area contributed by atoms with Crippen molar-refractivity contribution in [2.45, 2.75) is 31.2 Å². The normalized spacial score (nSPS) is 12.1. The summed E-state index contributed by atoms with van der Waals surface area (Å²) < 4.78 is 43.8. The smallest absolute Gasteiger partial charge is 0.295 e. The molecular formula is C28H32N3O5S+. The largest absolute Gasteiger partial charge is 0.456 e. The molecule has 0 saturated heterocycles. The molecule has 9 heteroatoms. The van der Waals surface area contributed by atoms with E-state index in [-0.39, 0.29) is 16.0 Å². The molecule has 0 saturated carbocycles. The number of carbonyl (C=O) groups excluding carboxylic acids is 1. The molecule has 1 aliphatic carbocycles. The molecule has 37 heavy (non-hydrogen) atoms. The van der Waals surface area contributed by atoms with E-state index in [2.05, 4.69) is 5.32 Å². The number of anilines is 1. The number of nitrogens with zero attached hydrogens (tertiary/aromatic N) is 2. The molecule has 1 amide bonds. The van der Waals surface area contributed by atoms with Gasteiger partial charge in [0.25, 0.3) is 16.0 Å². The number of hydrogen-bond acceptors (Lipinski definition) is 5. The van der Waals surface area contributed by atoms with Gasteiger partial charge in [-0.2, -0.15) is 8.42 Å². The first-order chi connectivity index (χ1) is 17.2. The minimum absolute atomic E-state index is 0.130. The molecule has 0 unspecified atom stereocenters. The van der Waals surface area contributed by atoms with E-state index in [9.17, 15) is 17.8 Å². The third kappa shape index (κ3) is 5.38. The summed E-state index contributed by atoms with van der Waals surface area (Å²) in [6.45, 7) is 5.50. The topological polar surface area (TPSA) is 103 Å². The summed E-state index contributed by atoms with van der Waals surface area (Å²) in [4.78, 5) is 14.4. The number of amides is 1. The van der Waals surface area contributed by atoms with Crippen molar-refractivity contribution in [3.63, 3.8) is 0 Å². The van der Waals surface area contributed by atoms with Crippen LogP contribution in [0, 0.1) is 0 Å². The van der Waals surface area contributed by atoms with Crippen molar-refractivity contribution in [3.05, 3.63) is 65.5 Å². The van der Waals surface area contributed by atoms with Gasteiger partial charge in [0.15, 0.2) is 0 Å². The molecular weight excluding hydrogens is 490 g/mol. The first-order valence-electron chi connectivity index (χ1n) is 11.8. The average Bonchev–Trinajstić information content (AvgIpc) is 2.79. The maximum absolute atomic E-state index is 12.8. The molecule has 0 radical (unpaired) electrons. The zero-order chi connectivity index (χ0) is 27.3. The van der Waals surface area contributed by atoms with Crippen molar-refractivity contribution in [2.24, 2.45) is 0 Å². The molecule has 0 atom stereocenters. The minimum atomic E-state index is -4.69. The van der Waals surface area contributed by atoms with Gasteiger partial charge >= 0.3 is 0 Å². The summed E-state index contributed by atoms with van der Waals surface area (Å²) in [5.74, 6) is 0.119. The lowest BCUT2D eigenvalue weighted by molar-refractivity contribution is 0.0919. The van der Waals surface area contributed by atoms with Crippen LogP contribution in [0.25, 0.3) is 33.4 Å². The summed E-state index contributed by atoms with van der Waals surface area (Å²) in [6, 6.07) is 15.7. The lowest BCUT2D eigenvalue weighted by Gasteiger charge is -2.21. The van der Waals surface area contributed by atoms with Crippen LogP contribution < -0.4 is 20.1 Å². The Morgan fingerprint density at radius 3 is 2.24 bits per heavy atom. The van der Waals surface area contributed by atoms with Crippen LogP contribution in [-0.2, 0) is 10.1 Å². The van der Waals surface area contributed by atoms with Crippen molar-refractivity contribution in [3.8, 4) is 22.5 Å². The highest BCUT2D eigenvalue weighted by Gasteiger charge is 2.26. The minimum Gasteiger partial charge on any atom is -0.456 e. The van der Waals surface area contributed by atoms with Gasteiger partial charge in [-0.1, -0.05) is 6.07 Å². The number of benzene rings is 3. The van der Waals surface area contributed by atoms with Crippen molar-refractivity contribution >= 4 is 32.7 Å². The van der Waals surface area contributed by atoms with Gasteiger partial charge in [-0.3, -0.25) is 9.35 Å². The zero-order valence-corrected chi connectivity index (χ0v) is 22.9. The Balaban J connectivity index is 2.10. The summed E-state index contributed by atoms with van der Waals surface area (Å²) in [5, 5.41) is 4.41. The molecule has 0 bridgehead atoms. The van der Waals surface area contributed by atoms with Crippen molar-refractivity contribution in [1.82, 2.24) is 9.89 Å². The average molecular weight is 523 g/mol. The number of carbonyl (C=O) groups is 1. The van der Waals surface area contributed by atoms with E-state index in [0.717, 1.165) is 11.0 Å².